The number of fused-ring (bicyclic) bond motifs is 1. The van der Waals surface area contributed by atoms with Crippen LogP contribution < -0.4 is 5.32 Å². The largest absolute Gasteiger partial charge is 0.351 e. The van der Waals surface area contributed by atoms with Gasteiger partial charge in [-0.1, -0.05) is 24.6 Å². The van der Waals surface area contributed by atoms with Crippen molar-refractivity contribution >= 4 is 48.7 Å². The molecule has 0 radical (unpaired) electrons. The van der Waals surface area contributed by atoms with Crippen LogP contribution in [0.25, 0.3) is 10.1 Å². The second-order valence-corrected chi connectivity index (χ2v) is 10.6. The van der Waals surface area contributed by atoms with Crippen molar-refractivity contribution in [2.75, 3.05) is 19.6 Å². The van der Waals surface area contributed by atoms with Crippen LogP contribution in [0, 0.1) is 0 Å². The van der Waals surface area contributed by atoms with E-state index in [2.05, 4.69) is 22.8 Å². The van der Waals surface area contributed by atoms with Gasteiger partial charge < -0.3 is 5.32 Å². The molecule has 0 unspecified atom stereocenters. The molecule has 1 aliphatic heterocycles. The number of rotatable bonds is 6. The summed E-state index contributed by atoms with van der Waals surface area (Å²) in [4.78, 5) is 13.1. The van der Waals surface area contributed by atoms with Gasteiger partial charge in [0.15, 0.2) is 0 Å². The predicted octanol–water partition coefficient (Wildman–Crippen LogP) is 4.11. The lowest BCUT2D eigenvalue weighted by Crippen LogP contribution is -2.36. The lowest BCUT2D eigenvalue weighted by molar-refractivity contribution is 0.0955. The quantitative estimate of drug-likeness (QED) is 0.635. The van der Waals surface area contributed by atoms with Crippen LogP contribution in [0.5, 0.6) is 0 Å². The Kier molecular flexibility index (Phi) is 5.82. The molecule has 1 aromatic carbocycles. The van der Waals surface area contributed by atoms with Gasteiger partial charge in [-0.15, -0.1) is 22.7 Å². The molecule has 0 aliphatic carbocycles. The van der Waals surface area contributed by atoms with Crippen molar-refractivity contribution in [3.63, 3.8) is 0 Å². The van der Waals surface area contributed by atoms with Crippen LogP contribution in [0.1, 0.15) is 34.5 Å². The molecule has 0 atom stereocenters. The second kappa shape index (κ2) is 8.32. The lowest BCUT2D eigenvalue weighted by atomic mass is 10.1. The molecule has 1 saturated heterocycles. The molecular weight excluding hydrogens is 412 g/mol. The van der Waals surface area contributed by atoms with Gasteiger partial charge in [0.2, 0.25) is 10.0 Å². The summed E-state index contributed by atoms with van der Waals surface area (Å²) in [5, 5.41) is 7.91. The van der Waals surface area contributed by atoms with E-state index in [-0.39, 0.29) is 15.7 Å². The van der Waals surface area contributed by atoms with E-state index >= 15 is 0 Å². The highest BCUT2D eigenvalue weighted by Crippen LogP contribution is 2.28. The van der Waals surface area contributed by atoms with Crippen LogP contribution in [-0.4, -0.2) is 38.3 Å². The maximum atomic E-state index is 12.9. The Morgan fingerprint density at radius 2 is 1.86 bits per heavy atom. The SMILES string of the molecule is O=C(NCCc1csc2ccccc12)c1sccc1S(=O)(=O)N1CCCCC1. The minimum atomic E-state index is -3.61. The van der Waals surface area contributed by atoms with E-state index in [1.807, 2.05) is 12.1 Å². The molecule has 8 heteroatoms. The molecule has 28 heavy (non-hydrogen) atoms. The fraction of sp³-hybridized carbons (Fsp3) is 0.350. The summed E-state index contributed by atoms with van der Waals surface area (Å²) in [6.07, 6.45) is 3.52. The number of sulfonamides is 1. The van der Waals surface area contributed by atoms with E-state index in [1.54, 1.807) is 22.8 Å². The van der Waals surface area contributed by atoms with Gasteiger partial charge >= 0.3 is 0 Å². The zero-order valence-corrected chi connectivity index (χ0v) is 17.8. The smallest absolute Gasteiger partial charge is 0.262 e. The van der Waals surface area contributed by atoms with Crippen molar-refractivity contribution in [3.8, 4) is 0 Å². The Balaban J connectivity index is 1.44. The highest BCUT2D eigenvalue weighted by molar-refractivity contribution is 7.89. The first kappa shape index (κ1) is 19.6. The van der Waals surface area contributed by atoms with Crippen molar-refractivity contribution < 1.29 is 13.2 Å². The molecule has 0 saturated carbocycles. The van der Waals surface area contributed by atoms with Crippen molar-refractivity contribution in [1.29, 1.82) is 0 Å². The molecule has 5 nitrogen and oxygen atoms in total. The van der Waals surface area contributed by atoms with Crippen molar-refractivity contribution in [2.45, 2.75) is 30.6 Å². The van der Waals surface area contributed by atoms with E-state index in [9.17, 15) is 13.2 Å². The molecule has 1 N–H and O–H groups in total. The maximum Gasteiger partial charge on any atom is 0.262 e. The van der Waals surface area contributed by atoms with E-state index in [0.717, 1.165) is 25.7 Å². The number of nitrogens with one attached hydrogen (secondary N) is 1. The fourth-order valence-electron chi connectivity index (χ4n) is 3.53. The Morgan fingerprint density at radius 1 is 1.07 bits per heavy atom. The van der Waals surface area contributed by atoms with Gasteiger partial charge in [0.1, 0.15) is 9.77 Å². The van der Waals surface area contributed by atoms with Crippen LogP contribution >= 0.6 is 22.7 Å². The summed E-state index contributed by atoms with van der Waals surface area (Å²) in [5.41, 5.74) is 1.20. The van der Waals surface area contributed by atoms with E-state index in [4.69, 9.17) is 0 Å². The number of piperidine rings is 1. The third-order valence-electron chi connectivity index (χ3n) is 5.01. The average molecular weight is 435 g/mol. The maximum absolute atomic E-state index is 12.9. The highest BCUT2D eigenvalue weighted by Gasteiger charge is 2.30. The summed E-state index contributed by atoms with van der Waals surface area (Å²) >= 11 is 2.88. The number of carbonyl (C=O) groups excluding carboxylic acids is 1. The molecule has 1 amide bonds. The van der Waals surface area contributed by atoms with Crippen LogP contribution in [0.4, 0.5) is 0 Å². The van der Waals surface area contributed by atoms with Gasteiger partial charge in [-0.3, -0.25) is 4.79 Å². The monoisotopic (exact) mass is 434 g/mol. The van der Waals surface area contributed by atoms with Gasteiger partial charge in [0, 0.05) is 24.3 Å². The number of thiophene rings is 2. The van der Waals surface area contributed by atoms with Crippen LogP contribution in [0.3, 0.4) is 0 Å². The molecular formula is C20H22N2O3S3. The first-order chi connectivity index (χ1) is 13.6. The molecule has 3 aromatic rings. The number of carbonyl (C=O) groups is 1. The van der Waals surface area contributed by atoms with Crippen LogP contribution in [0.2, 0.25) is 0 Å². The van der Waals surface area contributed by atoms with Gasteiger partial charge in [-0.2, -0.15) is 4.31 Å². The first-order valence-corrected chi connectivity index (χ1v) is 12.6. The fourth-order valence-corrected chi connectivity index (χ4v) is 7.36. The third kappa shape index (κ3) is 3.87. The summed E-state index contributed by atoms with van der Waals surface area (Å²) < 4.78 is 28.6. The first-order valence-electron chi connectivity index (χ1n) is 9.38. The molecule has 1 fully saturated rings. The summed E-state index contributed by atoms with van der Waals surface area (Å²) in [6, 6.07) is 9.76. The molecule has 2 aromatic heterocycles. The molecule has 3 heterocycles. The molecule has 1 aliphatic rings. The normalized spacial score (nSPS) is 15.7. The number of benzene rings is 1. The van der Waals surface area contributed by atoms with E-state index < -0.39 is 10.0 Å². The summed E-state index contributed by atoms with van der Waals surface area (Å²) in [6.45, 7) is 1.54. The Hall–Kier alpha value is -1.74. The van der Waals surface area contributed by atoms with Crippen molar-refractivity contribution in [2.24, 2.45) is 0 Å². The zero-order chi connectivity index (χ0) is 19.6. The second-order valence-electron chi connectivity index (χ2n) is 6.84. The van der Waals surface area contributed by atoms with Gasteiger partial charge in [-0.05, 0) is 53.1 Å². The molecule has 4 rings (SSSR count). The minimum absolute atomic E-state index is 0.137. The third-order valence-corrected chi connectivity index (χ3v) is 9.00. The Labute approximate surface area is 173 Å². The Bertz CT molecular complexity index is 1080. The number of nitrogens with zero attached hydrogens (tertiary/aromatic N) is 1. The Morgan fingerprint density at radius 3 is 2.68 bits per heavy atom. The zero-order valence-electron chi connectivity index (χ0n) is 15.4. The lowest BCUT2D eigenvalue weighted by Gasteiger charge is -2.25. The topological polar surface area (TPSA) is 66.5 Å². The van der Waals surface area contributed by atoms with Crippen LogP contribution in [0.15, 0.2) is 46.0 Å². The highest BCUT2D eigenvalue weighted by atomic mass is 32.2. The number of amides is 1. The molecule has 0 bridgehead atoms. The van der Waals surface area contributed by atoms with Gasteiger partial charge in [-0.25, -0.2) is 8.42 Å². The van der Waals surface area contributed by atoms with E-state index in [1.165, 1.54) is 31.3 Å². The standard InChI is InChI=1S/C20H22N2O3S3/c23-20(21-10-8-15-14-27-17-7-3-2-6-16(15)17)19-18(9-13-26-19)28(24,25)22-11-4-1-5-12-22/h2-3,6-7,9,13-14H,1,4-5,8,10-12H2,(H,21,23). The van der Waals surface area contributed by atoms with Crippen molar-refractivity contribution in [1.82, 2.24) is 9.62 Å². The van der Waals surface area contributed by atoms with Gasteiger partial charge in [0.25, 0.3) is 5.91 Å². The van der Waals surface area contributed by atoms with E-state index in [0.29, 0.717) is 19.6 Å². The van der Waals surface area contributed by atoms with Crippen molar-refractivity contribution in [3.05, 3.63) is 51.5 Å². The number of hydrogen-bond acceptors (Lipinski definition) is 5. The molecule has 0 spiro atoms. The predicted molar refractivity (Wildman–Crippen MR) is 115 cm³/mol. The number of hydrogen-bond donors (Lipinski definition) is 1. The average Bonchev–Trinajstić information content (AvgIpc) is 3.37. The van der Waals surface area contributed by atoms with Gasteiger partial charge in [0.05, 0.1) is 0 Å². The van der Waals surface area contributed by atoms with Crippen LogP contribution in [-0.2, 0) is 16.4 Å². The molecule has 148 valence electrons. The minimum Gasteiger partial charge on any atom is -0.351 e. The summed E-state index contributed by atoms with van der Waals surface area (Å²) in [5.74, 6) is -0.315. The summed E-state index contributed by atoms with van der Waals surface area (Å²) in [7, 11) is -3.61.